The number of nitrogens with zero attached hydrogens (tertiary/aromatic N) is 1. The van der Waals surface area contributed by atoms with Crippen molar-refractivity contribution >= 4 is 5.91 Å². The quantitative estimate of drug-likeness (QED) is 0.605. The second-order valence-corrected chi connectivity index (χ2v) is 4.35. The van der Waals surface area contributed by atoms with Gasteiger partial charge in [-0.25, -0.2) is 0 Å². The molecule has 2 atom stereocenters. The first-order valence-corrected chi connectivity index (χ1v) is 4.81. The Morgan fingerprint density at radius 1 is 1.62 bits per heavy atom. The van der Waals surface area contributed by atoms with Crippen LogP contribution in [0.25, 0.3) is 0 Å². The molecule has 4 heteroatoms. The monoisotopic (exact) mass is 184 g/mol. The van der Waals surface area contributed by atoms with Crippen LogP contribution in [0.4, 0.5) is 0 Å². The third-order valence-corrected chi connectivity index (χ3v) is 3.12. The van der Waals surface area contributed by atoms with Crippen LogP contribution in [0.15, 0.2) is 0 Å². The van der Waals surface area contributed by atoms with Crippen molar-refractivity contribution in [2.45, 2.75) is 43.9 Å². The number of carbonyl (C=O) groups excluding carboxylic acids is 1. The molecule has 2 aliphatic rings. The van der Waals surface area contributed by atoms with Gasteiger partial charge >= 0.3 is 0 Å². The minimum Gasteiger partial charge on any atom is -0.379 e. The summed E-state index contributed by atoms with van der Waals surface area (Å²) in [6.45, 7) is 2.47. The van der Waals surface area contributed by atoms with Crippen molar-refractivity contribution in [3.63, 3.8) is 0 Å². The van der Waals surface area contributed by atoms with Crippen LogP contribution in [-0.4, -0.2) is 40.1 Å². The zero-order chi connectivity index (χ0) is 9.64. The third kappa shape index (κ3) is 1.44. The van der Waals surface area contributed by atoms with E-state index in [-0.39, 0.29) is 6.04 Å². The Kier molecular flexibility index (Phi) is 1.85. The molecule has 0 spiro atoms. The number of β-amino-alcohol motifs (C(OH)–C–C–N with tert-alkyl or cyclic N) is 1. The number of hydrogen-bond acceptors (Lipinski definition) is 3. The number of amides is 1. The van der Waals surface area contributed by atoms with Gasteiger partial charge in [-0.3, -0.25) is 9.69 Å². The molecular weight excluding hydrogens is 168 g/mol. The van der Waals surface area contributed by atoms with Crippen molar-refractivity contribution in [2.75, 3.05) is 6.54 Å². The van der Waals surface area contributed by atoms with Crippen LogP contribution in [0.2, 0.25) is 0 Å². The number of carbonyl (C=O) groups is 1. The highest BCUT2D eigenvalue weighted by atomic mass is 16.3. The molecular formula is C9H16N2O2. The van der Waals surface area contributed by atoms with E-state index < -0.39 is 11.5 Å². The third-order valence-electron chi connectivity index (χ3n) is 3.12. The fraction of sp³-hybridized carbons (Fsp3) is 0.889. The molecule has 1 amide bonds. The topological polar surface area (TPSA) is 66.6 Å². The van der Waals surface area contributed by atoms with E-state index in [1.54, 1.807) is 0 Å². The lowest BCUT2D eigenvalue weighted by Crippen LogP contribution is -2.46. The van der Waals surface area contributed by atoms with Gasteiger partial charge in [0.05, 0.1) is 0 Å². The number of rotatable bonds is 2. The lowest BCUT2D eigenvalue weighted by molar-refractivity contribution is -0.135. The van der Waals surface area contributed by atoms with E-state index in [1.807, 2.05) is 6.92 Å². The van der Waals surface area contributed by atoms with E-state index in [4.69, 9.17) is 5.73 Å². The number of aliphatic hydroxyl groups is 1. The van der Waals surface area contributed by atoms with Crippen LogP contribution in [0, 0.1) is 0 Å². The normalized spacial score (nSPS) is 40.9. The molecule has 13 heavy (non-hydrogen) atoms. The molecule has 1 aliphatic carbocycles. The molecule has 1 saturated carbocycles. The van der Waals surface area contributed by atoms with Crippen molar-refractivity contribution in [3.05, 3.63) is 0 Å². The van der Waals surface area contributed by atoms with Crippen molar-refractivity contribution in [2.24, 2.45) is 5.73 Å². The number of primary amides is 1. The van der Waals surface area contributed by atoms with Crippen LogP contribution >= 0.6 is 0 Å². The van der Waals surface area contributed by atoms with Crippen molar-refractivity contribution < 1.29 is 9.90 Å². The average Bonchev–Trinajstić information content (AvgIpc) is 2.79. The highest BCUT2D eigenvalue weighted by molar-refractivity contribution is 5.84. The largest absolute Gasteiger partial charge is 0.379 e. The fourth-order valence-corrected chi connectivity index (χ4v) is 2.20. The van der Waals surface area contributed by atoms with Crippen LogP contribution in [0.1, 0.15) is 26.2 Å². The lowest BCUT2D eigenvalue weighted by Gasteiger charge is -2.20. The molecule has 0 aromatic rings. The van der Waals surface area contributed by atoms with E-state index in [0.29, 0.717) is 19.0 Å². The molecule has 4 nitrogen and oxygen atoms in total. The van der Waals surface area contributed by atoms with Crippen LogP contribution in [0.5, 0.6) is 0 Å². The molecule has 2 unspecified atom stereocenters. The highest BCUT2D eigenvalue weighted by Crippen LogP contribution is 2.36. The predicted molar refractivity (Wildman–Crippen MR) is 48.0 cm³/mol. The van der Waals surface area contributed by atoms with Gasteiger partial charge in [-0.15, -0.1) is 0 Å². The maximum absolute atomic E-state index is 11.0. The molecule has 3 N–H and O–H groups in total. The Morgan fingerprint density at radius 2 is 2.23 bits per heavy atom. The second kappa shape index (κ2) is 2.69. The van der Waals surface area contributed by atoms with Crippen molar-refractivity contribution in [1.82, 2.24) is 4.90 Å². The van der Waals surface area contributed by atoms with Gasteiger partial charge in [-0.05, 0) is 19.8 Å². The second-order valence-electron chi connectivity index (χ2n) is 4.35. The van der Waals surface area contributed by atoms with Crippen LogP contribution in [-0.2, 0) is 4.79 Å². The number of hydrogen-bond donors (Lipinski definition) is 2. The van der Waals surface area contributed by atoms with E-state index in [0.717, 1.165) is 0 Å². The van der Waals surface area contributed by atoms with Crippen LogP contribution < -0.4 is 5.73 Å². The average molecular weight is 184 g/mol. The minimum absolute atomic E-state index is 0.282. The molecule has 1 heterocycles. The summed E-state index contributed by atoms with van der Waals surface area (Å²) in [7, 11) is 0. The predicted octanol–water partition coefficient (Wildman–Crippen LogP) is -0.541. The minimum atomic E-state index is -1.28. The van der Waals surface area contributed by atoms with Crippen LogP contribution in [0.3, 0.4) is 0 Å². The zero-order valence-electron chi connectivity index (χ0n) is 7.86. The van der Waals surface area contributed by atoms with Gasteiger partial charge in [-0.1, -0.05) is 0 Å². The van der Waals surface area contributed by atoms with Gasteiger partial charge in [0.2, 0.25) is 0 Å². The Bertz CT molecular complexity index is 240. The summed E-state index contributed by atoms with van der Waals surface area (Å²) in [6.07, 6.45) is 2.87. The first-order chi connectivity index (χ1) is 6.03. The van der Waals surface area contributed by atoms with Crippen molar-refractivity contribution in [3.8, 4) is 0 Å². The Balaban J connectivity index is 2.08. The van der Waals surface area contributed by atoms with Gasteiger partial charge in [0, 0.05) is 25.0 Å². The number of likely N-dealkylation sites (tertiary alicyclic amines) is 1. The molecule has 0 radical (unpaired) electrons. The van der Waals surface area contributed by atoms with Crippen molar-refractivity contribution in [1.29, 1.82) is 0 Å². The summed E-state index contributed by atoms with van der Waals surface area (Å²) in [5.74, 6) is -0.581. The summed E-state index contributed by atoms with van der Waals surface area (Å²) < 4.78 is 0. The summed E-state index contributed by atoms with van der Waals surface area (Å²) >= 11 is 0. The fourth-order valence-electron chi connectivity index (χ4n) is 2.20. The summed E-state index contributed by atoms with van der Waals surface area (Å²) in [5.41, 5.74) is 3.89. The molecule has 2 fully saturated rings. The first-order valence-electron chi connectivity index (χ1n) is 4.81. The smallest absolute Gasteiger partial charge is 0.250 e. The molecule has 2 rings (SSSR count). The highest BCUT2D eigenvalue weighted by Gasteiger charge is 2.49. The summed E-state index contributed by atoms with van der Waals surface area (Å²) in [6, 6.07) is 0.869. The van der Waals surface area contributed by atoms with Gasteiger partial charge in [0.1, 0.15) is 0 Å². The van der Waals surface area contributed by atoms with Gasteiger partial charge in [-0.2, -0.15) is 0 Å². The first kappa shape index (κ1) is 8.97. The van der Waals surface area contributed by atoms with E-state index in [9.17, 15) is 9.90 Å². The Labute approximate surface area is 77.7 Å². The Hall–Kier alpha value is -0.610. The molecule has 0 bridgehead atoms. The maximum Gasteiger partial charge on any atom is 0.250 e. The summed E-state index contributed by atoms with van der Waals surface area (Å²) in [4.78, 5) is 13.2. The van der Waals surface area contributed by atoms with E-state index in [1.165, 1.54) is 12.8 Å². The number of nitrogens with two attached hydrogens (primary N) is 1. The standard InChI is InChI=1S/C9H16N2O2/c1-6-4-9(13,8(10)12)5-11(6)7-2-3-7/h6-7,13H,2-5H2,1H3,(H2,10,12). The zero-order valence-corrected chi connectivity index (χ0v) is 7.86. The Morgan fingerprint density at radius 3 is 2.62 bits per heavy atom. The SMILES string of the molecule is CC1CC(O)(C(N)=O)CN1C1CC1. The lowest BCUT2D eigenvalue weighted by atomic mass is 10.0. The maximum atomic E-state index is 11.0. The molecule has 0 aromatic heterocycles. The van der Waals surface area contributed by atoms with E-state index >= 15 is 0 Å². The van der Waals surface area contributed by atoms with Gasteiger partial charge in [0.15, 0.2) is 5.60 Å². The molecule has 1 aliphatic heterocycles. The van der Waals surface area contributed by atoms with Gasteiger partial charge < -0.3 is 10.8 Å². The molecule has 74 valence electrons. The van der Waals surface area contributed by atoms with Gasteiger partial charge in [0.25, 0.3) is 5.91 Å². The molecule has 0 aromatic carbocycles. The summed E-state index contributed by atoms with van der Waals surface area (Å²) in [5, 5.41) is 9.87. The molecule has 1 saturated heterocycles. The van der Waals surface area contributed by atoms with E-state index in [2.05, 4.69) is 4.90 Å².